The van der Waals surface area contributed by atoms with Crippen LogP contribution in [0.1, 0.15) is 9.88 Å². The zero-order valence-electron chi connectivity index (χ0n) is 12.5. The molecule has 120 valence electrons. The molecule has 0 aliphatic heterocycles. The van der Waals surface area contributed by atoms with Crippen molar-refractivity contribution in [2.75, 3.05) is 5.75 Å². The molecule has 0 bridgehead atoms. The summed E-state index contributed by atoms with van der Waals surface area (Å²) in [5, 5.41) is 1.33. The third-order valence-corrected chi connectivity index (χ3v) is 6.06. The van der Waals surface area contributed by atoms with Crippen molar-refractivity contribution >= 4 is 32.1 Å². The summed E-state index contributed by atoms with van der Waals surface area (Å²) in [6, 6.07) is 7.01. The molecule has 0 fully saturated rings. The summed E-state index contributed by atoms with van der Waals surface area (Å²) in [7, 11) is -3.31. The lowest BCUT2D eigenvalue weighted by Crippen LogP contribution is -2.25. The first kappa shape index (κ1) is 15.8. The fourth-order valence-electron chi connectivity index (χ4n) is 2.26. The van der Waals surface area contributed by atoms with Gasteiger partial charge in [-0.05, 0) is 19.1 Å². The molecule has 23 heavy (non-hydrogen) atoms. The van der Waals surface area contributed by atoms with E-state index in [4.69, 9.17) is 0 Å². The molecule has 2 aromatic heterocycles. The van der Waals surface area contributed by atoms with Crippen molar-refractivity contribution in [1.29, 1.82) is 0 Å². The van der Waals surface area contributed by atoms with Crippen LogP contribution in [0.15, 0.2) is 41.6 Å². The lowest BCUT2D eigenvalue weighted by atomic mass is 10.2. The number of sulfone groups is 1. The number of fused-ring (bicyclic) bond motifs is 1. The van der Waals surface area contributed by atoms with Crippen molar-refractivity contribution < 1.29 is 8.42 Å². The van der Waals surface area contributed by atoms with Crippen LogP contribution in [0.4, 0.5) is 0 Å². The molecule has 0 saturated carbocycles. The minimum Gasteiger partial charge on any atom is -0.298 e. The summed E-state index contributed by atoms with van der Waals surface area (Å²) in [6.07, 6.45) is 2.98. The van der Waals surface area contributed by atoms with Gasteiger partial charge in [0.25, 0.3) is 5.56 Å². The van der Waals surface area contributed by atoms with Crippen molar-refractivity contribution in [3.63, 3.8) is 0 Å². The van der Waals surface area contributed by atoms with E-state index in [0.717, 1.165) is 5.01 Å². The van der Waals surface area contributed by atoms with Gasteiger partial charge in [0.15, 0.2) is 9.84 Å². The SMILES string of the molecule is Cc1ncc(CS(=O)(=O)CCn2cnc3ccccc3c2=O)s1. The number of aryl methyl sites for hydroxylation is 2. The van der Waals surface area contributed by atoms with Crippen LogP contribution in [0.5, 0.6) is 0 Å². The van der Waals surface area contributed by atoms with Gasteiger partial charge in [-0.25, -0.2) is 18.4 Å². The number of benzene rings is 1. The molecule has 2 heterocycles. The molecular formula is C15H15N3O3S2. The molecule has 0 saturated heterocycles. The molecule has 0 amide bonds. The van der Waals surface area contributed by atoms with Crippen LogP contribution in [0.3, 0.4) is 0 Å². The van der Waals surface area contributed by atoms with Crippen molar-refractivity contribution in [2.24, 2.45) is 0 Å². The molecule has 0 aliphatic rings. The predicted octanol–water partition coefficient (Wildman–Crippen LogP) is 1.78. The Morgan fingerprint density at radius 2 is 2.00 bits per heavy atom. The van der Waals surface area contributed by atoms with E-state index in [1.807, 2.05) is 6.92 Å². The van der Waals surface area contributed by atoms with Gasteiger partial charge in [0.2, 0.25) is 0 Å². The summed E-state index contributed by atoms with van der Waals surface area (Å²) in [5.41, 5.74) is 0.385. The van der Waals surface area contributed by atoms with Gasteiger partial charge < -0.3 is 0 Å². The zero-order chi connectivity index (χ0) is 16.4. The maximum absolute atomic E-state index is 12.3. The smallest absolute Gasteiger partial charge is 0.261 e. The highest BCUT2D eigenvalue weighted by atomic mass is 32.2. The zero-order valence-corrected chi connectivity index (χ0v) is 14.1. The average molecular weight is 349 g/mol. The first-order valence-corrected chi connectivity index (χ1v) is 9.64. The number of rotatable bonds is 5. The standard InChI is InChI=1S/C15H15N3O3S2/c1-11-16-8-12(22-11)9-23(20,21)7-6-18-10-17-14-5-3-2-4-13(14)15(18)19/h2-5,8,10H,6-7,9H2,1H3. The second-order valence-corrected chi connectivity index (χ2v) is 8.70. The molecule has 8 heteroatoms. The number of thiazole rings is 1. The quantitative estimate of drug-likeness (QED) is 0.701. The highest BCUT2D eigenvalue weighted by Gasteiger charge is 2.15. The first-order chi connectivity index (χ1) is 10.9. The van der Waals surface area contributed by atoms with Gasteiger partial charge in [-0.1, -0.05) is 12.1 Å². The fraction of sp³-hybridized carbons (Fsp3) is 0.267. The molecule has 0 atom stereocenters. The van der Waals surface area contributed by atoms with Crippen molar-refractivity contribution in [1.82, 2.24) is 14.5 Å². The van der Waals surface area contributed by atoms with Crippen LogP contribution < -0.4 is 5.56 Å². The van der Waals surface area contributed by atoms with Crippen LogP contribution in [0.25, 0.3) is 10.9 Å². The van der Waals surface area contributed by atoms with Gasteiger partial charge >= 0.3 is 0 Å². The maximum Gasteiger partial charge on any atom is 0.261 e. The molecule has 3 aromatic rings. The third kappa shape index (κ3) is 3.65. The van der Waals surface area contributed by atoms with Gasteiger partial charge in [-0.3, -0.25) is 9.36 Å². The van der Waals surface area contributed by atoms with E-state index in [0.29, 0.717) is 15.8 Å². The molecular weight excluding hydrogens is 334 g/mol. The fourth-order valence-corrected chi connectivity index (χ4v) is 4.76. The van der Waals surface area contributed by atoms with Crippen LogP contribution in [0, 0.1) is 6.92 Å². The van der Waals surface area contributed by atoms with E-state index in [9.17, 15) is 13.2 Å². The molecule has 0 radical (unpaired) electrons. The third-order valence-electron chi connectivity index (χ3n) is 3.41. The highest BCUT2D eigenvalue weighted by molar-refractivity contribution is 7.90. The monoisotopic (exact) mass is 349 g/mol. The van der Waals surface area contributed by atoms with Gasteiger partial charge in [0.05, 0.1) is 33.7 Å². The summed E-state index contributed by atoms with van der Waals surface area (Å²) in [6.45, 7) is 1.93. The number of para-hydroxylation sites is 1. The largest absolute Gasteiger partial charge is 0.298 e. The van der Waals surface area contributed by atoms with E-state index in [2.05, 4.69) is 9.97 Å². The topological polar surface area (TPSA) is 81.9 Å². The lowest BCUT2D eigenvalue weighted by molar-refractivity contribution is 0.586. The van der Waals surface area contributed by atoms with Crippen molar-refractivity contribution in [3.05, 3.63) is 57.0 Å². The Morgan fingerprint density at radius 1 is 1.22 bits per heavy atom. The number of hydrogen-bond acceptors (Lipinski definition) is 6. The minimum absolute atomic E-state index is 0.0474. The van der Waals surface area contributed by atoms with E-state index < -0.39 is 9.84 Å². The Hall–Kier alpha value is -2.06. The van der Waals surface area contributed by atoms with E-state index in [1.54, 1.807) is 30.5 Å². The van der Waals surface area contributed by atoms with Crippen LogP contribution >= 0.6 is 11.3 Å². The van der Waals surface area contributed by atoms with E-state index >= 15 is 0 Å². The molecule has 3 rings (SSSR count). The molecule has 0 spiro atoms. The van der Waals surface area contributed by atoms with Gasteiger partial charge in [0.1, 0.15) is 0 Å². The second kappa shape index (κ2) is 6.21. The molecule has 0 aliphatic carbocycles. The second-order valence-electron chi connectivity index (χ2n) is 5.20. The Labute approximate surface area is 137 Å². The first-order valence-electron chi connectivity index (χ1n) is 7.00. The summed E-state index contributed by atoms with van der Waals surface area (Å²) in [5.74, 6) is -0.155. The van der Waals surface area contributed by atoms with Crippen molar-refractivity contribution in [3.8, 4) is 0 Å². The summed E-state index contributed by atoms with van der Waals surface area (Å²) < 4.78 is 25.7. The van der Waals surface area contributed by atoms with Crippen molar-refractivity contribution in [2.45, 2.75) is 19.2 Å². The molecule has 6 nitrogen and oxygen atoms in total. The summed E-state index contributed by atoms with van der Waals surface area (Å²) in [4.78, 5) is 21.3. The Morgan fingerprint density at radius 3 is 2.74 bits per heavy atom. The Kier molecular flexibility index (Phi) is 4.27. The normalized spacial score (nSPS) is 11.9. The van der Waals surface area contributed by atoms with Crippen LogP contribution in [0.2, 0.25) is 0 Å². The van der Waals surface area contributed by atoms with Gasteiger partial charge in [-0.15, -0.1) is 11.3 Å². The Bertz CT molecular complexity index is 1010. The highest BCUT2D eigenvalue weighted by Crippen LogP contribution is 2.15. The molecule has 1 aromatic carbocycles. The molecule has 0 N–H and O–H groups in total. The minimum atomic E-state index is -3.31. The number of aromatic nitrogens is 3. The van der Waals surface area contributed by atoms with E-state index in [1.165, 1.54) is 22.2 Å². The predicted molar refractivity (Wildman–Crippen MR) is 90.3 cm³/mol. The lowest BCUT2D eigenvalue weighted by Gasteiger charge is -2.07. The van der Waals surface area contributed by atoms with Gasteiger partial charge in [0, 0.05) is 17.6 Å². The van der Waals surface area contributed by atoms with Crippen LogP contribution in [-0.4, -0.2) is 28.7 Å². The van der Waals surface area contributed by atoms with Gasteiger partial charge in [-0.2, -0.15) is 0 Å². The average Bonchev–Trinajstić information content (AvgIpc) is 2.91. The van der Waals surface area contributed by atoms with E-state index in [-0.39, 0.29) is 23.6 Å². The maximum atomic E-state index is 12.3. The number of nitrogens with zero attached hydrogens (tertiary/aromatic N) is 3. The number of hydrogen-bond donors (Lipinski definition) is 0. The Balaban J connectivity index is 1.77. The molecule has 0 unspecified atom stereocenters. The van der Waals surface area contributed by atoms with Crippen LogP contribution in [-0.2, 0) is 22.1 Å². The summed E-state index contributed by atoms with van der Waals surface area (Å²) >= 11 is 1.37.